The number of hydrogen-bond acceptors (Lipinski definition) is 4. The molecule has 0 aliphatic heterocycles. The molecule has 0 aromatic carbocycles. The van der Waals surface area contributed by atoms with Crippen molar-refractivity contribution in [1.82, 2.24) is 0 Å². The van der Waals surface area contributed by atoms with Crippen LogP contribution < -0.4 is 5.73 Å². The lowest BCUT2D eigenvalue weighted by atomic mass is 9.91. The molecule has 0 unspecified atom stereocenters. The second kappa shape index (κ2) is 3.20. The number of ketones is 2. The number of thiophene rings is 1. The molecule has 1 aliphatic carbocycles. The molecule has 1 aliphatic rings. The first kappa shape index (κ1) is 9.40. The maximum atomic E-state index is 11.6. The zero-order valence-electron chi connectivity index (χ0n) is 7.92. The van der Waals surface area contributed by atoms with Crippen molar-refractivity contribution in [3.63, 3.8) is 0 Å². The van der Waals surface area contributed by atoms with Gasteiger partial charge in [-0.2, -0.15) is 0 Å². The third-order valence-electron chi connectivity index (χ3n) is 2.46. The van der Waals surface area contributed by atoms with Crippen LogP contribution >= 0.6 is 11.3 Å². The Labute approximate surface area is 85.9 Å². The molecule has 0 radical (unpaired) electrons. The van der Waals surface area contributed by atoms with E-state index in [9.17, 15) is 9.59 Å². The third kappa shape index (κ3) is 1.26. The van der Waals surface area contributed by atoms with Crippen molar-refractivity contribution in [3.05, 3.63) is 16.0 Å². The van der Waals surface area contributed by atoms with Gasteiger partial charge in [0.15, 0.2) is 11.6 Å². The maximum absolute atomic E-state index is 11.6. The van der Waals surface area contributed by atoms with Gasteiger partial charge in [-0.15, -0.1) is 11.3 Å². The molecule has 4 heteroatoms. The molecule has 1 aromatic heterocycles. The smallest absolute Gasteiger partial charge is 0.170 e. The van der Waals surface area contributed by atoms with Crippen LogP contribution in [0.3, 0.4) is 0 Å². The van der Waals surface area contributed by atoms with E-state index in [1.165, 1.54) is 18.3 Å². The minimum atomic E-state index is 0.0117. The van der Waals surface area contributed by atoms with Gasteiger partial charge in [-0.1, -0.05) is 0 Å². The molecular formula is C10H11NO2S. The van der Waals surface area contributed by atoms with Crippen LogP contribution in [-0.2, 0) is 6.42 Å². The average Bonchev–Trinajstić information content (AvgIpc) is 2.45. The molecular weight excluding hydrogens is 198 g/mol. The van der Waals surface area contributed by atoms with Crippen molar-refractivity contribution in [2.75, 3.05) is 5.73 Å². The van der Waals surface area contributed by atoms with Crippen LogP contribution in [0.15, 0.2) is 0 Å². The van der Waals surface area contributed by atoms with E-state index in [0.717, 1.165) is 18.4 Å². The molecule has 0 spiro atoms. The summed E-state index contributed by atoms with van der Waals surface area (Å²) in [5.41, 5.74) is 7.24. The Kier molecular flexibility index (Phi) is 2.15. The molecule has 0 fully saturated rings. The van der Waals surface area contributed by atoms with Gasteiger partial charge >= 0.3 is 0 Å². The van der Waals surface area contributed by atoms with Crippen molar-refractivity contribution in [1.29, 1.82) is 0 Å². The first-order chi connectivity index (χ1) is 6.61. The predicted octanol–water partition coefficient (Wildman–Crippen LogP) is 2.05. The predicted molar refractivity (Wildman–Crippen MR) is 56.0 cm³/mol. The number of Topliss-reactive ketones (excluding diaryl/α,β-unsaturated/α-hetero) is 2. The van der Waals surface area contributed by atoms with Crippen molar-refractivity contribution in [3.8, 4) is 0 Å². The molecule has 0 atom stereocenters. The fraction of sp³-hybridized carbons (Fsp3) is 0.400. The van der Waals surface area contributed by atoms with Gasteiger partial charge in [0.2, 0.25) is 0 Å². The number of fused-ring (bicyclic) bond motifs is 1. The summed E-state index contributed by atoms with van der Waals surface area (Å²) in [5.74, 6) is 0.102. The largest absolute Gasteiger partial charge is 0.390 e. The van der Waals surface area contributed by atoms with E-state index < -0.39 is 0 Å². The summed E-state index contributed by atoms with van der Waals surface area (Å²) < 4.78 is 0. The molecule has 0 bridgehead atoms. The van der Waals surface area contributed by atoms with E-state index in [1.54, 1.807) is 0 Å². The van der Waals surface area contributed by atoms with Crippen LogP contribution in [0.5, 0.6) is 0 Å². The zero-order valence-corrected chi connectivity index (χ0v) is 8.74. The standard InChI is InChI=1S/C10H11NO2S/c1-5(12)9-6-3-2-4-7(13)8(6)10(11)14-9/h2-4,11H2,1H3. The highest BCUT2D eigenvalue weighted by molar-refractivity contribution is 7.18. The van der Waals surface area contributed by atoms with Gasteiger partial charge in [-0.3, -0.25) is 9.59 Å². The average molecular weight is 209 g/mol. The normalized spacial score (nSPS) is 15.4. The quantitative estimate of drug-likeness (QED) is 0.720. The Hall–Kier alpha value is -1.16. The van der Waals surface area contributed by atoms with Crippen LogP contribution in [0.1, 0.15) is 45.4 Å². The molecule has 0 saturated heterocycles. The number of nitrogens with two attached hydrogens (primary N) is 1. The lowest BCUT2D eigenvalue weighted by Crippen LogP contribution is -2.11. The first-order valence-electron chi connectivity index (χ1n) is 4.56. The number of carbonyl (C=O) groups excluding carboxylic acids is 2. The molecule has 74 valence electrons. The summed E-state index contributed by atoms with van der Waals surface area (Å²) in [4.78, 5) is 23.5. The van der Waals surface area contributed by atoms with Gasteiger partial charge in [-0.05, 0) is 25.3 Å². The van der Waals surface area contributed by atoms with E-state index >= 15 is 0 Å². The minimum absolute atomic E-state index is 0.0117. The van der Waals surface area contributed by atoms with Gasteiger partial charge in [0.25, 0.3) is 0 Å². The molecule has 14 heavy (non-hydrogen) atoms. The lowest BCUT2D eigenvalue weighted by molar-refractivity contribution is 0.0974. The van der Waals surface area contributed by atoms with Gasteiger partial charge in [-0.25, -0.2) is 0 Å². The topological polar surface area (TPSA) is 60.2 Å². The summed E-state index contributed by atoms with van der Waals surface area (Å²) in [6.45, 7) is 1.52. The fourth-order valence-corrected chi connectivity index (χ4v) is 2.89. The van der Waals surface area contributed by atoms with Crippen molar-refractivity contribution in [2.24, 2.45) is 0 Å². The highest BCUT2D eigenvalue weighted by atomic mass is 32.1. The van der Waals surface area contributed by atoms with Gasteiger partial charge < -0.3 is 5.73 Å². The first-order valence-corrected chi connectivity index (χ1v) is 5.38. The molecule has 1 heterocycles. The number of nitrogen functional groups attached to an aromatic ring is 1. The van der Waals surface area contributed by atoms with Crippen molar-refractivity contribution in [2.45, 2.75) is 26.2 Å². The maximum Gasteiger partial charge on any atom is 0.170 e. The van der Waals surface area contributed by atoms with E-state index in [2.05, 4.69) is 0 Å². The third-order valence-corrected chi connectivity index (χ3v) is 3.63. The molecule has 0 saturated carbocycles. The van der Waals surface area contributed by atoms with Gasteiger partial charge in [0.05, 0.1) is 15.4 Å². The highest BCUT2D eigenvalue weighted by Crippen LogP contribution is 2.36. The molecule has 3 nitrogen and oxygen atoms in total. The fourth-order valence-electron chi connectivity index (χ4n) is 1.86. The summed E-state index contributed by atoms with van der Waals surface area (Å²) >= 11 is 1.25. The van der Waals surface area contributed by atoms with E-state index in [1.807, 2.05) is 0 Å². The van der Waals surface area contributed by atoms with Crippen LogP contribution in [0.4, 0.5) is 5.00 Å². The Morgan fingerprint density at radius 2 is 2.14 bits per heavy atom. The van der Waals surface area contributed by atoms with Crippen molar-refractivity contribution < 1.29 is 9.59 Å². The molecule has 0 amide bonds. The monoisotopic (exact) mass is 209 g/mol. The highest BCUT2D eigenvalue weighted by Gasteiger charge is 2.26. The summed E-state index contributed by atoms with van der Waals surface area (Å²) in [6.07, 6.45) is 2.21. The van der Waals surface area contributed by atoms with E-state index in [4.69, 9.17) is 5.73 Å². The van der Waals surface area contributed by atoms with E-state index in [0.29, 0.717) is 21.9 Å². The number of hydrogen-bond donors (Lipinski definition) is 1. The zero-order chi connectivity index (χ0) is 10.3. The number of anilines is 1. The summed E-state index contributed by atoms with van der Waals surface area (Å²) in [5, 5.41) is 0.509. The van der Waals surface area contributed by atoms with Gasteiger partial charge in [0, 0.05) is 6.42 Å². The Bertz CT molecular complexity index is 420. The number of rotatable bonds is 1. The van der Waals surface area contributed by atoms with Crippen LogP contribution in [0.25, 0.3) is 0 Å². The van der Waals surface area contributed by atoms with Crippen LogP contribution in [-0.4, -0.2) is 11.6 Å². The summed E-state index contributed by atoms with van der Waals surface area (Å²) in [6, 6.07) is 0. The molecule has 2 rings (SSSR count). The molecule has 1 aromatic rings. The summed E-state index contributed by atoms with van der Waals surface area (Å²) in [7, 11) is 0. The van der Waals surface area contributed by atoms with E-state index in [-0.39, 0.29) is 11.6 Å². The minimum Gasteiger partial charge on any atom is -0.390 e. The van der Waals surface area contributed by atoms with Crippen molar-refractivity contribution >= 4 is 27.9 Å². The van der Waals surface area contributed by atoms with Crippen LogP contribution in [0.2, 0.25) is 0 Å². The Morgan fingerprint density at radius 1 is 1.43 bits per heavy atom. The lowest BCUT2D eigenvalue weighted by Gasteiger charge is -2.11. The molecule has 2 N–H and O–H groups in total. The van der Waals surface area contributed by atoms with Crippen LogP contribution in [0, 0.1) is 0 Å². The second-order valence-electron chi connectivity index (χ2n) is 3.48. The Balaban J connectivity index is 2.63. The second-order valence-corrected chi connectivity index (χ2v) is 4.53. The Morgan fingerprint density at radius 3 is 2.79 bits per heavy atom. The SMILES string of the molecule is CC(=O)c1sc(N)c2c1CCCC2=O. The van der Waals surface area contributed by atoms with Gasteiger partial charge in [0.1, 0.15) is 0 Å². The number of carbonyl (C=O) groups is 2.